The Morgan fingerprint density at radius 3 is 2.17 bits per heavy atom. The Morgan fingerprint density at radius 2 is 1.54 bits per heavy atom. The summed E-state index contributed by atoms with van der Waals surface area (Å²) in [6.45, 7) is 7.60. The number of imide groups is 1. The van der Waals surface area contributed by atoms with Gasteiger partial charge in [0.1, 0.15) is 6.04 Å². The van der Waals surface area contributed by atoms with Crippen LogP contribution in [-0.4, -0.2) is 18.0 Å². The van der Waals surface area contributed by atoms with Gasteiger partial charge in [0, 0.05) is 11.4 Å². The number of benzene rings is 2. The van der Waals surface area contributed by atoms with E-state index in [2.05, 4.69) is 16.0 Å². The van der Waals surface area contributed by atoms with Gasteiger partial charge < -0.3 is 10.6 Å². The number of urea groups is 1. The fraction of sp³-hybridized carbons (Fsp3) is 0.263. The largest absolute Gasteiger partial charge is 0.374 e. The lowest BCUT2D eigenvalue weighted by atomic mass is 10.1. The maximum Gasteiger partial charge on any atom is 0.325 e. The van der Waals surface area contributed by atoms with Gasteiger partial charge in [-0.05, 0) is 51.5 Å². The third-order valence-corrected chi connectivity index (χ3v) is 3.69. The van der Waals surface area contributed by atoms with Gasteiger partial charge in [0.2, 0.25) is 5.91 Å². The Morgan fingerprint density at radius 1 is 0.917 bits per heavy atom. The van der Waals surface area contributed by atoms with Crippen LogP contribution in [0.3, 0.4) is 0 Å². The smallest absolute Gasteiger partial charge is 0.325 e. The van der Waals surface area contributed by atoms with Crippen LogP contribution in [0.1, 0.15) is 23.6 Å². The van der Waals surface area contributed by atoms with Gasteiger partial charge in [-0.1, -0.05) is 35.4 Å². The first-order chi connectivity index (χ1) is 11.3. The molecule has 0 bridgehead atoms. The molecule has 0 aliphatic carbocycles. The fourth-order valence-electron chi connectivity index (χ4n) is 2.29. The maximum absolute atomic E-state index is 12.1. The van der Waals surface area contributed by atoms with E-state index in [0.29, 0.717) is 5.69 Å². The quantitative estimate of drug-likeness (QED) is 0.801. The minimum absolute atomic E-state index is 0.391. The zero-order valence-corrected chi connectivity index (χ0v) is 14.4. The highest BCUT2D eigenvalue weighted by molar-refractivity contribution is 6.03. The Hall–Kier alpha value is -2.82. The number of hydrogen-bond acceptors (Lipinski definition) is 3. The summed E-state index contributed by atoms with van der Waals surface area (Å²) in [4.78, 5) is 24.1. The van der Waals surface area contributed by atoms with Crippen molar-refractivity contribution in [1.29, 1.82) is 0 Å². The minimum atomic E-state index is -0.537. The summed E-state index contributed by atoms with van der Waals surface area (Å²) >= 11 is 0. The number of rotatable bonds is 4. The first kappa shape index (κ1) is 17.5. The summed E-state index contributed by atoms with van der Waals surface area (Å²) in [6, 6.07) is 12.3. The molecule has 0 aromatic heterocycles. The number of amides is 3. The highest BCUT2D eigenvalue weighted by Crippen LogP contribution is 2.15. The molecule has 2 rings (SSSR count). The van der Waals surface area contributed by atoms with Crippen molar-refractivity contribution >= 4 is 23.3 Å². The molecule has 0 saturated heterocycles. The van der Waals surface area contributed by atoms with Gasteiger partial charge in [0.15, 0.2) is 0 Å². The predicted octanol–water partition coefficient (Wildman–Crippen LogP) is 3.76. The maximum atomic E-state index is 12.1. The van der Waals surface area contributed by atoms with E-state index in [4.69, 9.17) is 0 Å². The Labute approximate surface area is 142 Å². The average molecular weight is 325 g/mol. The number of hydrogen-bond donors (Lipinski definition) is 3. The van der Waals surface area contributed by atoms with E-state index >= 15 is 0 Å². The van der Waals surface area contributed by atoms with Gasteiger partial charge in [0.25, 0.3) is 0 Å². The van der Waals surface area contributed by atoms with Crippen LogP contribution >= 0.6 is 0 Å². The molecule has 0 spiro atoms. The van der Waals surface area contributed by atoms with Gasteiger partial charge in [-0.2, -0.15) is 0 Å². The first-order valence-electron chi connectivity index (χ1n) is 7.87. The van der Waals surface area contributed by atoms with Crippen LogP contribution in [0.2, 0.25) is 0 Å². The molecule has 5 nitrogen and oxygen atoms in total. The SMILES string of the molecule is Cc1ccc(NC(C)C(=O)NC(=O)Nc2ccc(C)cc2C)cc1. The molecule has 24 heavy (non-hydrogen) atoms. The number of nitrogens with one attached hydrogen (secondary N) is 3. The van der Waals surface area contributed by atoms with Crippen LogP contribution in [0.4, 0.5) is 16.2 Å². The molecule has 1 atom stereocenters. The van der Waals surface area contributed by atoms with Crippen molar-refractivity contribution < 1.29 is 9.59 Å². The monoisotopic (exact) mass is 325 g/mol. The minimum Gasteiger partial charge on any atom is -0.374 e. The summed E-state index contributed by atoms with van der Waals surface area (Å²) in [5.41, 5.74) is 4.72. The predicted molar refractivity (Wildman–Crippen MR) is 97.3 cm³/mol. The molecule has 0 saturated carbocycles. The summed E-state index contributed by atoms with van der Waals surface area (Å²) in [7, 11) is 0. The van der Waals surface area contributed by atoms with E-state index in [-0.39, 0.29) is 0 Å². The van der Waals surface area contributed by atoms with E-state index < -0.39 is 18.0 Å². The molecular formula is C19H23N3O2. The lowest BCUT2D eigenvalue weighted by molar-refractivity contribution is -0.120. The number of carbonyl (C=O) groups excluding carboxylic acids is 2. The van der Waals surface area contributed by atoms with E-state index in [0.717, 1.165) is 22.4 Å². The van der Waals surface area contributed by atoms with Crippen molar-refractivity contribution in [3.8, 4) is 0 Å². The summed E-state index contributed by atoms with van der Waals surface area (Å²) in [5, 5.41) is 8.11. The van der Waals surface area contributed by atoms with E-state index in [1.807, 2.05) is 63.2 Å². The second kappa shape index (κ2) is 7.64. The average Bonchev–Trinajstić information content (AvgIpc) is 2.52. The van der Waals surface area contributed by atoms with Crippen molar-refractivity contribution in [2.24, 2.45) is 0 Å². The molecule has 0 fully saturated rings. The molecular weight excluding hydrogens is 302 g/mol. The van der Waals surface area contributed by atoms with Gasteiger partial charge in [-0.25, -0.2) is 4.79 Å². The molecule has 126 valence electrons. The van der Waals surface area contributed by atoms with Crippen LogP contribution in [0.5, 0.6) is 0 Å². The number of carbonyl (C=O) groups is 2. The molecule has 0 aliphatic heterocycles. The standard InChI is InChI=1S/C19H23N3O2/c1-12-5-8-16(9-6-12)20-15(4)18(23)22-19(24)21-17-10-7-13(2)11-14(17)3/h5-11,15,20H,1-4H3,(H2,21,22,23,24). The molecule has 1 unspecified atom stereocenters. The van der Waals surface area contributed by atoms with Crippen molar-refractivity contribution in [2.75, 3.05) is 10.6 Å². The van der Waals surface area contributed by atoms with Gasteiger partial charge in [-0.3, -0.25) is 10.1 Å². The molecule has 0 radical (unpaired) electrons. The Kier molecular flexibility index (Phi) is 5.58. The van der Waals surface area contributed by atoms with Gasteiger partial charge in [-0.15, -0.1) is 0 Å². The third kappa shape index (κ3) is 4.84. The van der Waals surface area contributed by atoms with Crippen molar-refractivity contribution in [2.45, 2.75) is 33.7 Å². The van der Waals surface area contributed by atoms with E-state index in [1.54, 1.807) is 6.92 Å². The fourth-order valence-corrected chi connectivity index (χ4v) is 2.29. The number of aryl methyl sites for hydroxylation is 3. The molecule has 0 heterocycles. The topological polar surface area (TPSA) is 70.2 Å². The molecule has 3 N–H and O–H groups in total. The van der Waals surface area contributed by atoms with E-state index in [9.17, 15) is 9.59 Å². The molecule has 2 aromatic rings. The second-order valence-electron chi connectivity index (χ2n) is 5.99. The number of anilines is 2. The van der Waals surface area contributed by atoms with Crippen molar-refractivity contribution in [1.82, 2.24) is 5.32 Å². The third-order valence-electron chi connectivity index (χ3n) is 3.69. The van der Waals surface area contributed by atoms with Crippen LogP contribution < -0.4 is 16.0 Å². The van der Waals surface area contributed by atoms with Crippen LogP contribution in [0.15, 0.2) is 42.5 Å². The molecule has 3 amide bonds. The first-order valence-corrected chi connectivity index (χ1v) is 7.87. The van der Waals surface area contributed by atoms with Crippen LogP contribution in [0, 0.1) is 20.8 Å². The van der Waals surface area contributed by atoms with E-state index in [1.165, 1.54) is 0 Å². The zero-order valence-electron chi connectivity index (χ0n) is 14.4. The van der Waals surface area contributed by atoms with Crippen LogP contribution in [0.25, 0.3) is 0 Å². The Balaban J connectivity index is 1.90. The molecule has 5 heteroatoms. The second-order valence-corrected chi connectivity index (χ2v) is 5.99. The summed E-state index contributed by atoms with van der Waals surface area (Å²) in [5.74, 6) is -0.391. The highest BCUT2D eigenvalue weighted by atomic mass is 16.2. The van der Waals surface area contributed by atoms with Crippen molar-refractivity contribution in [3.63, 3.8) is 0 Å². The normalized spacial score (nSPS) is 11.5. The van der Waals surface area contributed by atoms with Gasteiger partial charge >= 0.3 is 6.03 Å². The van der Waals surface area contributed by atoms with Gasteiger partial charge in [0.05, 0.1) is 0 Å². The molecule has 2 aromatic carbocycles. The summed E-state index contributed by atoms with van der Waals surface area (Å²) in [6.07, 6.45) is 0. The highest BCUT2D eigenvalue weighted by Gasteiger charge is 2.16. The summed E-state index contributed by atoms with van der Waals surface area (Å²) < 4.78 is 0. The zero-order chi connectivity index (χ0) is 17.7. The molecule has 0 aliphatic rings. The lowest BCUT2D eigenvalue weighted by Crippen LogP contribution is -2.43. The lowest BCUT2D eigenvalue weighted by Gasteiger charge is -2.15. The van der Waals surface area contributed by atoms with Crippen molar-refractivity contribution in [3.05, 3.63) is 59.2 Å². The Bertz CT molecular complexity index is 739. The van der Waals surface area contributed by atoms with Crippen LogP contribution in [-0.2, 0) is 4.79 Å².